The Balaban J connectivity index is 1.46. The van der Waals surface area contributed by atoms with Crippen LogP contribution in [0.15, 0.2) is 56.6 Å². The van der Waals surface area contributed by atoms with Gasteiger partial charge in [0.25, 0.3) is 5.22 Å². The molecule has 8 heteroatoms. The van der Waals surface area contributed by atoms with Gasteiger partial charge < -0.3 is 13.7 Å². The Morgan fingerprint density at radius 3 is 2.61 bits per heavy atom. The molecule has 0 aliphatic rings. The van der Waals surface area contributed by atoms with E-state index >= 15 is 0 Å². The number of rotatable bonds is 6. The van der Waals surface area contributed by atoms with Crippen molar-refractivity contribution in [1.82, 2.24) is 20.3 Å². The van der Waals surface area contributed by atoms with Gasteiger partial charge in [-0.25, -0.2) is 0 Å². The first kappa shape index (κ1) is 18.2. The standard InChI is InChI=1S/C20H18N4O3S/c1-12-8-13(2)10-14(9-12)19-22-23-20(26-19)28-11-17-21-18(24-27-17)15-6-4-5-7-16(15)25-3/h4-10H,11H2,1-3H3. The quantitative estimate of drug-likeness (QED) is 0.435. The molecule has 0 N–H and O–H groups in total. The number of methoxy groups -OCH3 is 1. The number of aromatic nitrogens is 4. The van der Waals surface area contributed by atoms with Crippen LogP contribution in [0.25, 0.3) is 22.8 Å². The van der Waals surface area contributed by atoms with Gasteiger partial charge >= 0.3 is 0 Å². The van der Waals surface area contributed by atoms with Crippen molar-refractivity contribution in [2.75, 3.05) is 7.11 Å². The van der Waals surface area contributed by atoms with Gasteiger partial charge in [0.1, 0.15) is 5.75 Å². The SMILES string of the molecule is COc1ccccc1-c1noc(CSc2nnc(-c3cc(C)cc(C)c3)o2)n1. The normalized spacial score (nSPS) is 11.0. The maximum absolute atomic E-state index is 5.76. The molecule has 142 valence electrons. The molecule has 0 saturated heterocycles. The van der Waals surface area contributed by atoms with Crippen LogP contribution < -0.4 is 4.74 Å². The van der Waals surface area contributed by atoms with E-state index in [1.54, 1.807) is 7.11 Å². The number of para-hydroxylation sites is 1. The molecule has 2 aromatic carbocycles. The van der Waals surface area contributed by atoms with E-state index < -0.39 is 0 Å². The zero-order valence-electron chi connectivity index (χ0n) is 15.7. The van der Waals surface area contributed by atoms with Crippen LogP contribution in [0, 0.1) is 13.8 Å². The highest BCUT2D eigenvalue weighted by Gasteiger charge is 2.15. The minimum absolute atomic E-state index is 0.427. The molecular weight excluding hydrogens is 376 g/mol. The highest BCUT2D eigenvalue weighted by molar-refractivity contribution is 7.98. The predicted molar refractivity (Wildman–Crippen MR) is 105 cm³/mol. The van der Waals surface area contributed by atoms with Gasteiger partial charge in [-0.1, -0.05) is 46.2 Å². The van der Waals surface area contributed by atoms with Crippen LogP contribution in [0.4, 0.5) is 0 Å². The summed E-state index contributed by atoms with van der Waals surface area (Å²) < 4.78 is 16.4. The Hall–Kier alpha value is -3.13. The fourth-order valence-corrected chi connectivity index (χ4v) is 3.46. The van der Waals surface area contributed by atoms with E-state index in [4.69, 9.17) is 13.7 Å². The Morgan fingerprint density at radius 1 is 1.04 bits per heavy atom. The second-order valence-corrected chi connectivity index (χ2v) is 7.18. The zero-order valence-corrected chi connectivity index (χ0v) is 16.5. The largest absolute Gasteiger partial charge is 0.496 e. The lowest BCUT2D eigenvalue weighted by atomic mass is 10.1. The van der Waals surface area contributed by atoms with Gasteiger partial charge in [-0.05, 0) is 38.1 Å². The number of hydrogen-bond donors (Lipinski definition) is 0. The molecule has 0 unspecified atom stereocenters. The number of aryl methyl sites for hydroxylation is 2. The number of nitrogens with zero attached hydrogens (tertiary/aromatic N) is 4. The van der Waals surface area contributed by atoms with Crippen molar-refractivity contribution >= 4 is 11.8 Å². The molecular formula is C20H18N4O3S. The van der Waals surface area contributed by atoms with Gasteiger partial charge in [0.2, 0.25) is 17.6 Å². The van der Waals surface area contributed by atoms with Crippen LogP contribution in [0.5, 0.6) is 5.75 Å². The van der Waals surface area contributed by atoms with Crippen molar-refractivity contribution in [1.29, 1.82) is 0 Å². The lowest BCUT2D eigenvalue weighted by Gasteiger charge is -2.02. The minimum Gasteiger partial charge on any atom is -0.496 e. The number of benzene rings is 2. The van der Waals surface area contributed by atoms with E-state index in [9.17, 15) is 0 Å². The van der Waals surface area contributed by atoms with Gasteiger partial charge in [-0.15, -0.1) is 10.2 Å². The summed E-state index contributed by atoms with van der Waals surface area (Å²) in [5.41, 5.74) is 3.99. The second-order valence-electron chi connectivity index (χ2n) is 6.25. The maximum atomic E-state index is 5.76. The van der Waals surface area contributed by atoms with Crippen LogP contribution in [-0.4, -0.2) is 27.4 Å². The minimum atomic E-state index is 0.427. The molecule has 2 heterocycles. The molecule has 0 aliphatic heterocycles. The Labute approximate surface area is 166 Å². The molecule has 28 heavy (non-hydrogen) atoms. The molecule has 0 atom stereocenters. The first-order valence-electron chi connectivity index (χ1n) is 8.63. The summed E-state index contributed by atoms with van der Waals surface area (Å²) in [5.74, 6) is 2.56. The van der Waals surface area contributed by atoms with Crippen molar-refractivity contribution in [2.45, 2.75) is 24.8 Å². The van der Waals surface area contributed by atoms with Crippen molar-refractivity contribution in [3.8, 4) is 28.6 Å². The second kappa shape index (κ2) is 7.85. The number of ether oxygens (including phenoxy) is 1. The van der Waals surface area contributed by atoms with Gasteiger partial charge in [0.15, 0.2) is 0 Å². The van der Waals surface area contributed by atoms with Crippen LogP contribution >= 0.6 is 11.8 Å². The van der Waals surface area contributed by atoms with Crippen LogP contribution in [0.1, 0.15) is 17.0 Å². The summed E-state index contributed by atoms with van der Waals surface area (Å²) >= 11 is 1.35. The summed E-state index contributed by atoms with van der Waals surface area (Å²) in [5, 5.41) is 12.7. The van der Waals surface area contributed by atoms with E-state index in [1.807, 2.05) is 50.2 Å². The molecule has 7 nitrogen and oxygen atoms in total. The Kier molecular flexibility index (Phi) is 5.12. The lowest BCUT2D eigenvalue weighted by Crippen LogP contribution is -1.89. The highest BCUT2D eigenvalue weighted by Crippen LogP contribution is 2.29. The highest BCUT2D eigenvalue weighted by atomic mass is 32.2. The average molecular weight is 394 g/mol. The topological polar surface area (TPSA) is 87.1 Å². The first-order chi connectivity index (χ1) is 13.6. The molecule has 0 aliphatic carbocycles. The van der Waals surface area contributed by atoms with E-state index in [0.29, 0.717) is 34.3 Å². The molecule has 4 aromatic rings. The Morgan fingerprint density at radius 2 is 1.82 bits per heavy atom. The summed E-state index contributed by atoms with van der Waals surface area (Å²) in [4.78, 5) is 4.42. The summed E-state index contributed by atoms with van der Waals surface area (Å²) in [6.07, 6.45) is 0. The van der Waals surface area contributed by atoms with Gasteiger partial charge in [0.05, 0.1) is 18.4 Å². The predicted octanol–water partition coefficient (Wildman–Crippen LogP) is 4.70. The summed E-state index contributed by atoms with van der Waals surface area (Å²) in [6.45, 7) is 4.08. The van der Waals surface area contributed by atoms with Crippen LogP contribution in [0.2, 0.25) is 0 Å². The fraction of sp³-hybridized carbons (Fsp3) is 0.200. The zero-order chi connectivity index (χ0) is 19.5. The third-order valence-electron chi connectivity index (χ3n) is 4.01. The fourth-order valence-electron chi connectivity index (χ4n) is 2.86. The summed E-state index contributed by atoms with van der Waals surface area (Å²) in [7, 11) is 1.61. The monoisotopic (exact) mass is 394 g/mol. The third kappa shape index (κ3) is 3.91. The molecule has 0 amide bonds. The van der Waals surface area contributed by atoms with Crippen molar-refractivity contribution in [2.24, 2.45) is 0 Å². The first-order valence-corrected chi connectivity index (χ1v) is 9.62. The molecule has 4 rings (SSSR count). The van der Waals surface area contributed by atoms with E-state index in [1.165, 1.54) is 11.8 Å². The van der Waals surface area contributed by atoms with Gasteiger partial charge in [-0.2, -0.15) is 4.98 Å². The lowest BCUT2D eigenvalue weighted by molar-refractivity contribution is 0.389. The summed E-state index contributed by atoms with van der Waals surface area (Å²) in [6, 6.07) is 13.7. The van der Waals surface area contributed by atoms with E-state index in [-0.39, 0.29) is 0 Å². The third-order valence-corrected chi connectivity index (χ3v) is 4.81. The van der Waals surface area contributed by atoms with Crippen molar-refractivity contribution < 1.29 is 13.7 Å². The van der Waals surface area contributed by atoms with Crippen LogP contribution in [0.3, 0.4) is 0 Å². The Bertz CT molecular complexity index is 1090. The van der Waals surface area contributed by atoms with Gasteiger partial charge in [0, 0.05) is 5.56 Å². The molecule has 0 bridgehead atoms. The number of hydrogen-bond acceptors (Lipinski definition) is 8. The molecule has 2 aromatic heterocycles. The van der Waals surface area contributed by atoms with Crippen LogP contribution in [-0.2, 0) is 5.75 Å². The van der Waals surface area contributed by atoms with Gasteiger partial charge in [-0.3, -0.25) is 0 Å². The van der Waals surface area contributed by atoms with E-state index in [0.717, 1.165) is 22.3 Å². The smallest absolute Gasteiger partial charge is 0.277 e. The average Bonchev–Trinajstić information content (AvgIpc) is 3.35. The van der Waals surface area contributed by atoms with Crippen molar-refractivity contribution in [3.05, 3.63) is 59.5 Å². The number of thioether (sulfide) groups is 1. The molecule has 0 saturated carbocycles. The maximum Gasteiger partial charge on any atom is 0.277 e. The molecule has 0 radical (unpaired) electrons. The molecule has 0 spiro atoms. The molecule has 0 fully saturated rings. The van der Waals surface area contributed by atoms with Crippen molar-refractivity contribution in [3.63, 3.8) is 0 Å². The van der Waals surface area contributed by atoms with E-state index in [2.05, 4.69) is 26.4 Å².